The van der Waals surface area contributed by atoms with E-state index in [9.17, 15) is 28.1 Å². The van der Waals surface area contributed by atoms with Gasteiger partial charge >= 0.3 is 11.9 Å². The van der Waals surface area contributed by atoms with E-state index >= 15 is 0 Å². The van der Waals surface area contributed by atoms with Crippen LogP contribution in [0.25, 0.3) is 0 Å². The second-order valence-electron chi connectivity index (χ2n) is 7.48. The molecule has 1 atom stereocenters. The minimum Gasteiger partial charge on any atom is -0.493 e. The zero-order valence-electron chi connectivity index (χ0n) is 18.2. The minimum atomic E-state index is -4.75. The van der Waals surface area contributed by atoms with Crippen LogP contribution in [0.15, 0.2) is 59.1 Å². The van der Waals surface area contributed by atoms with Gasteiger partial charge in [0.05, 0.1) is 27.8 Å². The van der Waals surface area contributed by atoms with Crippen molar-refractivity contribution in [1.82, 2.24) is 0 Å². The van der Waals surface area contributed by atoms with E-state index in [0.717, 1.165) is 6.07 Å². The first-order chi connectivity index (χ1) is 17.0. The normalized spacial score (nSPS) is 15.8. The number of ether oxygens (including phenoxy) is 2. The third kappa shape index (κ3) is 5.25. The largest absolute Gasteiger partial charge is 0.493 e. The first kappa shape index (κ1) is 26.1. The van der Waals surface area contributed by atoms with E-state index < -0.39 is 33.5 Å². The van der Waals surface area contributed by atoms with Crippen LogP contribution in [0.4, 0.5) is 24.5 Å². The maximum Gasteiger partial charge on any atom is 0.416 e. The van der Waals surface area contributed by atoms with Gasteiger partial charge in [-0.1, -0.05) is 11.6 Å². The van der Waals surface area contributed by atoms with Crippen molar-refractivity contribution in [2.75, 3.05) is 17.8 Å². The van der Waals surface area contributed by atoms with E-state index in [-0.39, 0.29) is 23.2 Å². The standard InChI is InChI=1S/C23H15BrClF3N2O5S/c1-34-19-9-12(22-29(20(31)11-36-22)15-5-3-14(25)4-6-15)8-16(24)21(19)35-18-7-2-13(23(26,27)28)10-17(18)30(32)33/h2-10,22H,11H2,1H3/t22-/m0/s1. The highest BCUT2D eigenvalue weighted by Crippen LogP contribution is 2.48. The summed E-state index contributed by atoms with van der Waals surface area (Å²) in [5.41, 5.74) is -0.712. The number of amides is 1. The number of carbonyl (C=O) groups excluding carboxylic acids is 1. The highest BCUT2D eigenvalue weighted by atomic mass is 79.9. The van der Waals surface area contributed by atoms with Crippen LogP contribution in [-0.4, -0.2) is 23.7 Å². The number of nitro groups is 1. The van der Waals surface area contributed by atoms with Crippen molar-refractivity contribution in [3.8, 4) is 17.2 Å². The molecule has 1 aliphatic heterocycles. The van der Waals surface area contributed by atoms with E-state index in [4.69, 9.17) is 21.1 Å². The van der Waals surface area contributed by atoms with Gasteiger partial charge in [0.1, 0.15) is 5.37 Å². The van der Waals surface area contributed by atoms with Crippen LogP contribution in [0.2, 0.25) is 5.02 Å². The lowest BCUT2D eigenvalue weighted by molar-refractivity contribution is -0.385. The fourth-order valence-electron chi connectivity index (χ4n) is 3.57. The molecule has 1 saturated heterocycles. The zero-order valence-corrected chi connectivity index (χ0v) is 21.4. The monoisotopic (exact) mass is 602 g/mol. The molecule has 7 nitrogen and oxygen atoms in total. The zero-order chi connectivity index (χ0) is 26.2. The number of hydrogen-bond donors (Lipinski definition) is 0. The fraction of sp³-hybridized carbons (Fsp3) is 0.174. The first-order valence-corrected chi connectivity index (χ1v) is 12.3. The molecule has 0 N–H and O–H groups in total. The summed E-state index contributed by atoms with van der Waals surface area (Å²) in [7, 11) is 1.35. The van der Waals surface area contributed by atoms with Crippen molar-refractivity contribution >= 4 is 56.6 Å². The molecule has 0 aliphatic carbocycles. The number of rotatable bonds is 6. The number of carbonyl (C=O) groups is 1. The Morgan fingerprint density at radius 3 is 2.44 bits per heavy atom. The van der Waals surface area contributed by atoms with E-state index in [1.807, 2.05) is 0 Å². The number of halogens is 5. The molecule has 188 valence electrons. The van der Waals surface area contributed by atoms with Crippen molar-refractivity contribution < 1.29 is 32.4 Å². The topological polar surface area (TPSA) is 81.9 Å². The molecule has 3 aromatic carbocycles. The Bertz CT molecular complexity index is 1340. The molecule has 0 aromatic heterocycles. The number of anilines is 1. The van der Waals surface area contributed by atoms with E-state index in [2.05, 4.69) is 15.9 Å². The quantitative estimate of drug-likeness (QED) is 0.213. The SMILES string of the molecule is COc1cc([C@@H]2SCC(=O)N2c2ccc(Cl)cc2)cc(Br)c1Oc1ccc(C(F)(F)F)cc1[N+](=O)[O-]. The Kier molecular flexibility index (Phi) is 7.39. The highest BCUT2D eigenvalue weighted by Gasteiger charge is 2.36. The summed E-state index contributed by atoms with van der Waals surface area (Å²) < 4.78 is 50.5. The molecule has 4 rings (SSSR count). The predicted octanol–water partition coefficient (Wildman–Crippen LogP) is 7.61. The predicted molar refractivity (Wildman–Crippen MR) is 133 cm³/mol. The molecule has 0 radical (unpaired) electrons. The van der Waals surface area contributed by atoms with E-state index in [1.54, 1.807) is 41.3 Å². The van der Waals surface area contributed by atoms with Crippen LogP contribution in [0, 0.1) is 10.1 Å². The van der Waals surface area contributed by atoms with Crippen LogP contribution in [0.3, 0.4) is 0 Å². The molecule has 1 amide bonds. The van der Waals surface area contributed by atoms with Crippen molar-refractivity contribution in [2.24, 2.45) is 0 Å². The van der Waals surface area contributed by atoms with Gasteiger partial charge in [-0.2, -0.15) is 13.2 Å². The van der Waals surface area contributed by atoms with Gasteiger partial charge in [0.25, 0.3) is 0 Å². The Hall–Kier alpha value is -2.96. The molecular formula is C23H15BrClF3N2O5S. The molecule has 1 aliphatic rings. The lowest BCUT2D eigenvalue weighted by atomic mass is 10.1. The number of alkyl halides is 3. The smallest absolute Gasteiger partial charge is 0.416 e. The summed E-state index contributed by atoms with van der Waals surface area (Å²) in [6.45, 7) is 0. The average molecular weight is 604 g/mol. The molecule has 0 saturated carbocycles. The molecular weight excluding hydrogens is 589 g/mol. The number of hydrogen-bond acceptors (Lipinski definition) is 6. The fourth-order valence-corrected chi connectivity index (χ4v) is 5.39. The van der Waals surface area contributed by atoms with Gasteiger partial charge in [0.15, 0.2) is 11.5 Å². The Labute approximate surface area is 220 Å². The number of thioether (sulfide) groups is 1. The summed E-state index contributed by atoms with van der Waals surface area (Å²) in [5, 5.41) is 11.6. The molecule has 1 fully saturated rings. The molecule has 0 unspecified atom stereocenters. The van der Waals surface area contributed by atoms with Crippen LogP contribution in [0.1, 0.15) is 16.5 Å². The molecule has 0 bridgehead atoms. The third-order valence-electron chi connectivity index (χ3n) is 5.20. The van der Waals surface area contributed by atoms with E-state index in [0.29, 0.717) is 32.9 Å². The lowest BCUT2D eigenvalue weighted by Gasteiger charge is -2.25. The second-order valence-corrected chi connectivity index (χ2v) is 9.84. The maximum atomic E-state index is 13.0. The van der Waals surface area contributed by atoms with Crippen LogP contribution < -0.4 is 14.4 Å². The summed E-state index contributed by atoms with van der Waals surface area (Å²) in [6.07, 6.45) is -4.75. The number of methoxy groups -OCH3 is 1. The summed E-state index contributed by atoms with van der Waals surface area (Å²) in [5.74, 6) is -0.0828. The van der Waals surface area contributed by atoms with Crippen LogP contribution >= 0.6 is 39.3 Å². The Morgan fingerprint density at radius 1 is 1.14 bits per heavy atom. The van der Waals surface area contributed by atoms with Gasteiger partial charge in [0.2, 0.25) is 11.7 Å². The second kappa shape index (κ2) is 10.2. The number of nitrogens with zero attached hydrogens (tertiary/aromatic N) is 2. The third-order valence-corrected chi connectivity index (χ3v) is 7.26. The van der Waals surface area contributed by atoms with Crippen molar-refractivity contribution in [2.45, 2.75) is 11.6 Å². The minimum absolute atomic E-state index is 0.0245. The van der Waals surface area contributed by atoms with E-state index in [1.165, 1.54) is 18.9 Å². The Balaban J connectivity index is 1.71. The van der Waals surface area contributed by atoms with Gasteiger partial charge in [-0.3, -0.25) is 19.8 Å². The van der Waals surface area contributed by atoms with Gasteiger partial charge in [-0.15, -0.1) is 11.8 Å². The molecule has 1 heterocycles. The van der Waals surface area contributed by atoms with Gasteiger partial charge in [-0.25, -0.2) is 0 Å². The van der Waals surface area contributed by atoms with Gasteiger partial charge in [-0.05, 0) is 70.0 Å². The number of nitro benzene ring substituents is 1. The van der Waals surface area contributed by atoms with Crippen LogP contribution in [0.5, 0.6) is 17.2 Å². The Morgan fingerprint density at radius 2 is 1.83 bits per heavy atom. The molecule has 13 heteroatoms. The maximum absolute atomic E-state index is 13.0. The first-order valence-electron chi connectivity index (χ1n) is 10.1. The number of benzene rings is 3. The highest BCUT2D eigenvalue weighted by molar-refractivity contribution is 9.10. The van der Waals surface area contributed by atoms with Crippen molar-refractivity contribution in [3.63, 3.8) is 0 Å². The van der Waals surface area contributed by atoms with Crippen molar-refractivity contribution in [1.29, 1.82) is 0 Å². The van der Waals surface area contributed by atoms with Crippen molar-refractivity contribution in [3.05, 3.63) is 85.3 Å². The average Bonchev–Trinajstić information content (AvgIpc) is 3.21. The summed E-state index contributed by atoms with van der Waals surface area (Å²) in [4.78, 5) is 24.8. The van der Waals surface area contributed by atoms with Gasteiger partial charge < -0.3 is 9.47 Å². The summed E-state index contributed by atoms with van der Waals surface area (Å²) in [6, 6.07) is 12.1. The molecule has 0 spiro atoms. The lowest BCUT2D eigenvalue weighted by Crippen LogP contribution is -2.27. The summed E-state index contributed by atoms with van der Waals surface area (Å²) >= 11 is 10.7. The van der Waals surface area contributed by atoms with Gasteiger partial charge in [0, 0.05) is 16.8 Å². The van der Waals surface area contributed by atoms with Crippen LogP contribution in [-0.2, 0) is 11.0 Å². The molecule has 3 aromatic rings. The molecule has 36 heavy (non-hydrogen) atoms.